The second kappa shape index (κ2) is 5.66. The third-order valence-corrected chi connectivity index (χ3v) is 3.45. The Morgan fingerprint density at radius 2 is 2.00 bits per heavy atom. The molecular formula is C11H15NO2S. The summed E-state index contributed by atoms with van der Waals surface area (Å²) in [5, 5.41) is 2.73. The molecule has 0 aliphatic rings. The van der Waals surface area contributed by atoms with Gasteiger partial charge >= 0.3 is 0 Å². The van der Waals surface area contributed by atoms with Crippen molar-refractivity contribution in [1.82, 2.24) is 5.32 Å². The Morgan fingerprint density at radius 3 is 2.53 bits per heavy atom. The first-order valence-corrected chi connectivity index (χ1v) is 6.39. The van der Waals surface area contributed by atoms with Gasteiger partial charge in [-0.2, -0.15) is 0 Å². The van der Waals surface area contributed by atoms with Crippen molar-refractivity contribution >= 4 is 16.7 Å². The molecule has 3 nitrogen and oxygen atoms in total. The maximum Gasteiger partial charge on any atom is 0.251 e. The van der Waals surface area contributed by atoms with E-state index >= 15 is 0 Å². The van der Waals surface area contributed by atoms with Gasteiger partial charge in [0.25, 0.3) is 5.91 Å². The number of rotatable bonds is 4. The third kappa shape index (κ3) is 3.83. The fourth-order valence-corrected chi connectivity index (χ4v) is 1.36. The van der Waals surface area contributed by atoms with Gasteiger partial charge in [0, 0.05) is 34.4 Å². The minimum absolute atomic E-state index is 0.0161. The topological polar surface area (TPSA) is 46.2 Å². The number of hydrogen-bond donors (Lipinski definition) is 1. The molecule has 0 saturated carbocycles. The summed E-state index contributed by atoms with van der Waals surface area (Å²) < 4.78 is 11.1. The van der Waals surface area contributed by atoms with E-state index in [4.69, 9.17) is 0 Å². The summed E-state index contributed by atoms with van der Waals surface area (Å²) in [4.78, 5) is 11.6. The molecule has 0 aliphatic carbocycles. The Labute approximate surface area is 92.3 Å². The van der Waals surface area contributed by atoms with Gasteiger partial charge in [-0.05, 0) is 19.1 Å². The summed E-state index contributed by atoms with van der Waals surface area (Å²) in [5.41, 5.74) is 0.631. The standard InChI is InChI=1S/C11H15NO2S/c1-9(15(2)14)8-12-11(13)10-6-4-3-5-7-10/h3-7,9H,8H2,1-2H3,(H,12,13). The van der Waals surface area contributed by atoms with Crippen molar-refractivity contribution in [3.8, 4) is 0 Å². The quantitative estimate of drug-likeness (QED) is 0.836. The van der Waals surface area contributed by atoms with E-state index in [1.54, 1.807) is 18.4 Å². The molecule has 0 saturated heterocycles. The van der Waals surface area contributed by atoms with Crippen LogP contribution < -0.4 is 5.32 Å². The number of amides is 1. The molecule has 2 atom stereocenters. The summed E-state index contributed by atoms with van der Waals surface area (Å²) in [7, 11) is -0.898. The van der Waals surface area contributed by atoms with Crippen LogP contribution in [0, 0.1) is 0 Å². The molecule has 0 aromatic heterocycles. The fraction of sp³-hybridized carbons (Fsp3) is 0.364. The van der Waals surface area contributed by atoms with Crippen LogP contribution in [0.15, 0.2) is 30.3 Å². The molecule has 0 bridgehead atoms. The van der Waals surface area contributed by atoms with Crippen molar-refractivity contribution in [2.45, 2.75) is 12.2 Å². The first kappa shape index (κ1) is 11.9. The number of carbonyl (C=O) groups is 1. The zero-order valence-corrected chi connectivity index (χ0v) is 9.71. The fourth-order valence-electron chi connectivity index (χ4n) is 1.05. The normalized spacial score (nSPS) is 14.3. The Hall–Kier alpha value is -1.16. The number of hydrogen-bond acceptors (Lipinski definition) is 2. The molecule has 1 N–H and O–H groups in total. The van der Waals surface area contributed by atoms with E-state index in [9.17, 15) is 9.00 Å². The molecule has 0 spiro atoms. The van der Waals surface area contributed by atoms with E-state index in [1.165, 1.54) is 0 Å². The Morgan fingerprint density at radius 1 is 1.40 bits per heavy atom. The van der Waals surface area contributed by atoms with Gasteiger partial charge < -0.3 is 5.32 Å². The zero-order valence-electron chi connectivity index (χ0n) is 8.90. The lowest BCUT2D eigenvalue weighted by Gasteiger charge is -2.09. The van der Waals surface area contributed by atoms with Crippen LogP contribution >= 0.6 is 0 Å². The summed E-state index contributed by atoms with van der Waals surface area (Å²) in [6, 6.07) is 9.00. The van der Waals surface area contributed by atoms with Crippen molar-refractivity contribution in [3.63, 3.8) is 0 Å². The monoisotopic (exact) mass is 225 g/mol. The maximum atomic E-state index is 11.6. The van der Waals surface area contributed by atoms with E-state index in [0.29, 0.717) is 12.1 Å². The van der Waals surface area contributed by atoms with Crippen molar-refractivity contribution in [1.29, 1.82) is 0 Å². The van der Waals surface area contributed by atoms with Crippen LogP contribution in [0.4, 0.5) is 0 Å². The van der Waals surface area contributed by atoms with Crippen LogP contribution in [0.5, 0.6) is 0 Å². The van der Waals surface area contributed by atoms with Crippen molar-refractivity contribution in [2.24, 2.45) is 0 Å². The van der Waals surface area contributed by atoms with Crippen LogP contribution in [0.25, 0.3) is 0 Å². The van der Waals surface area contributed by atoms with Crippen LogP contribution in [0.3, 0.4) is 0 Å². The molecule has 1 aromatic carbocycles. The molecule has 1 rings (SSSR count). The molecule has 0 heterocycles. The molecule has 1 aromatic rings. The SMILES string of the molecule is CC(CNC(=O)c1ccccc1)S(C)=O. The first-order chi connectivity index (χ1) is 7.11. The number of benzene rings is 1. The number of carbonyl (C=O) groups excluding carboxylic acids is 1. The van der Waals surface area contributed by atoms with E-state index in [2.05, 4.69) is 5.32 Å². The van der Waals surface area contributed by atoms with Gasteiger partial charge in [-0.3, -0.25) is 9.00 Å². The summed E-state index contributed by atoms with van der Waals surface area (Å²) in [6.07, 6.45) is 1.64. The average molecular weight is 225 g/mol. The van der Waals surface area contributed by atoms with Gasteiger partial charge in [-0.15, -0.1) is 0 Å². The molecule has 1 amide bonds. The van der Waals surface area contributed by atoms with Crippen LogP contribution in [-0.2, 0) is 10.8 Å². The molecule has 0 fully saturated rings. The van der Waals surface area contributed by atoms with Crippen LogP contribution in [0.1, 0.15) is 17.3 Å². The molecule has 2 unspecified atom stereocenters. The van der Waals surface area contributed by atoms with Crippen molar-refractivity contribution < 1.29 is 9.00 Å². The molecule has 0 aliphatic heterocycles. The lowest BCUT2D eigenvalue weighted by Crippen LogP contribution is -2.32. The third-order valence-electron chi connectivity index (χ3n) is 2.15. The Balaban J connectivity index is 2.47. The molecule has 0 radical (unpaired) electrons. The largest absolute Gasteiger partial charge is 0.351 e. The van der Waals surface area contributed by atoms with E-state index in [-0.39, 0.29) is 11.2 Å². The second-order valence-electron chi connectivity index (χ2n) is 3.39. The van der Waals surface area contributed by atoms with Gasteiger partial charge in [-0.25, -0.2) is 0 Å². The predicted molar refractivity (Wildman–Crippen MR) is 62.3 cm³/mol. The van der Waals surface area contributed by atoms with Gasteiger partial charge in [0.1, 0.15) is 0 Å². The summed E-state index contributed by atoms with van der Waals surface area (Å²) in [6.45, 7) is 2.29. The van der Waals surface area contributed by atoms with Gasteiger partial charge in [-0.1, -0.05) is 18.2 Å². The highest BCUT2D eigenvalue weighted by Gasteiger charge is 2.09. The van der Waals surface area contributed by atoms with Crippen LogP contribution in [0.2, 0.25) is 0 Å². The van der Waals surface area contributed by atoms with Gasteiger partial charge in [0.2, 0.25) is 0 Å². The van der Waals surface area contributed by atoms with Gasteiger partial charge in [0.15, 0.2) is 0 Å². The Bertz CT molecular complexity index is 351. The highest BCUT2D eigenvalue weighted by Crippen LogP contribution is 1.98. The minimum atomic E-state index is -0.898. The lowest BCUT2D eigenvalue weighted by atomic mass is 10.2. The van der Waals surface area contributed by atoms with Crippen molar-refractivity contribution in [3.05, 3.63) is 35.9 Å². The molecule has 4 heteroatoms. The lowest BCUT2D eigenvalue weighted by molar-refractivity contribution is 0.0954. The number of nitrogens with one attached hydrogen (secondary N) is 1. The highest BCUT2D eigenvalue weighted by atomic mass is 32.2. The van der Waals surface area contributed by atoms with E-state index < -0.39 is 10.8 Å². The average Bonchev–Trinajstić information content (AvgIpc) is 2.26. The second-order valence-corrected chi connectivity index (χ2v) is 5.19. The highest BCUT2D eigenvalue weighted by molar-refractivity contribution is 7.84. The first-order valence-electron chi connectivity index (χ1n) is 4.76. The summed E-state index contributed by atoms with van der Waals surface area (Å²) >= 11 is 0. The summed E-state index contributed by atoms with van der Waals surface area (Å²) in [5.74, 6) is -0.118. The maximum absolute atomic E-state index is 11.6. The molecule has 82 valence electrons. The van der Waals surface area contributed by atoms with E-state index in [1.807, 2.05) is 25.1 Å². The predicted octanol–water partition coefficient (Wildman–Crippen LogP) is 1.18. The molecular weight excluding hydrogens is 210 g/mol. The van der Waals surface area contributed by atoms with Crippen molar-refractivity contribution in [2.75, 3.05) is 12.8 Å². The van der Waals surface area contributed by atoms with Gasteiger partial charge in [0.05, 0.1) is 0 Å². The van der Waals surface area contributed by atoms with Crippen LogP contribution in [-0.4, -0.2) is 28.2 Å². The molecule has 15 heavy (non-hydrogen) atoms. The zero-order chi connectivity index (χ0) is 11.3. The van der Waals surface area contributed by atoms with E-state index in [0.717, 1.165) is 0 Å². The smallest absolute Gasteiger partial charge is 0.251 e. The minimum Gasteiger partial charge on any atom is -0.351 e. The Kier molecular flexibility index (Phi) is 4.49.